The molecule has 0 radical (unpaired) electrons. The molecule has 1 aromatic rings. The Bertz CT molecular complexity index is 359. The molecule has 1 aliphatic heterocycles. The number of rotatable bonds is 5. The van der Waals surface area contributed by atoms with Gasteiger partial charge in [0.2, 0.25) is 0 Å². The van der Waals surface area contributed by atoms with Crippen molar-refractivity contribution in [2.24, 2.45) is 5.92 Å². The van der Waals surface area contributed by atoms with Gasteiger partial charge in [-0.2, -0.15) is 0 Å². The number of ether oxygens (including phenoxy) is 2. The molecule has 0 aromatic heterocycles. The molecule has 4 heteroatoms. The van der Waals surface area contributed by atoms with Gasteiger partial charge in [-0.05, 0) is 31.0 Å². The molecule has 1 unspecified atom stereocenters. The molecule has 0 aliphatic carbocycles. The molecule has 1 heterocycles. The zero-order chi connectivity index (χ0) is 12.1. The molecular formula is C14H19CsO2S. The largest absolute Gasteiger partial charge is 1.00 e. The van der Waals surface area contributed by atoms with Crippen LogP contribution in [0.3, 0.4) is 0 Å². The molecule has 0 amide bonds. The standard InChI is InChI=1S/C14H19O2S.Cs/c1-3-7-15-12-5-4-6-13(9-12)17-14-8-11(2)10-16-14;/h4-6,9-11,14H,3,7-8H2,1-2H3;/q-1;+1/t11-,14?;/m1./s1. The zero-order valence-corrected chi connectivity index (χ0v) is 18.5. The van der Waals surface area contributed by atoms with E-state index in [0.29, 0.717) is 5.92 Å². The fourth-order valence-corrected chi connectivity index (χ4v) is 2.89. The molecule has 1 saturated heterocycles. The first-order valence-corrected chi connectivity index (χ1v) is 7.04. The number of benzene rings is 1. The molecule has 0 bridgehead atoms. The Morgan fingerprint density at radius 3 is 3.00 bits per heavy atom. The van der Waals surface area contributed by atoms with E-state index in [2.05, 4.69) is 26.0 Å². The molecule has 1 aliphatic rings. The molecule has 2 rings (SSSR count). The fraction of sp³-hybridized carbons (Fsp3) is 0.500. The van der Waals surface area contributed by atoms with Gasteiger partial charge in [-0.3, -0.25) is 0 Å². The second-order valence-electron chi connectivity index (χ2n) is 4.36. The Hall–Kier alpha value is 1.38. The van der Waals surface area contributed by atoms with Crippen LogP contribution in [0.2, 0.25) is 0 Å². The first-order chi connectivity index (χ1) is 8.28. The molecule has 0 N–H and O–H groups in total. The fourth-order valence-electron chi connectivity index (χ4n) is 1.72. The number of hydrogen-bond donors (Lipinski definition) is 0. The average Bonchev–Trinajstić information content (AvgIpc) is 2.73. The summed E-state index contributed by atoms with van der Waals surface area (Å²) in [7, 11) is 0. The van der Waals surface area contributed by atoms with Crippen LogP contribution in [-0.4, -0.2) is 12.0 Å². The summed E-state index contributed by atoms with van der Waals surface area (Å²) in [5.74, 6) is 1.51. The monoisotopic (exact) mass is 384 g/mol. The molecule has 0 spiro atoms. The second-order valence-corrected chi connectivity index (χ2v) is 5.59. The van der Waals surface area contributed by atoms with Gasteiger partial charge < -0.3 is 9.47 Å². The SMILES string of the molecule is CCCOc1cccc(SC2C[C@@H](C)[CH-]O2)c1.[Cs+]. The van der Waals surface area contributed by atoms with Crippen LogP contribution in [0.1, 0.15) is 26.7 Å². The van der Waals surface area contributed by atoms with E-state index in [9.17, 15) is 0 Å². The van der Waals surface area contributed by atoms with Gasteiger partial charge in [0, 0.05) is 4.90 Å². The summed E-state index contributed by atoms with van der Waals surface area (Å²) in [4.78, 5) is 1.21. The maximum Gasteiger partial charge on any atom is 1.00 e. The first kappa shape index (κ1) is 17.4. The molecular weight excluding hydrogens is 365 g/mol. The van der Waals surface area contributed by atoms with E-state index in [-0.39, 0.29) is 74.3 Å². The molecule has 0 saturated carbocycles. The van der Waals surface area contributed by atoms with E-state index in [0.717, 1.165) is 25.2 Å². The third kappa shape index (κ3) is 5.79. The predicted octanol–water partition coefficient (Wildman–Crippen LogP) is 1.12. The van der Waals surface area contributed by atoms with Crippen LogP contribution >= 0.6 is 11.8 Å². The Morgan fingerprint density at radius 1 is 1.50 bits per heavy atom. The first-order valence-electron chi connectivity index (χ1n) is 6.16. The van der Waals surface area contributed by atoms with Crippen LogP contribution in [0.25, 0.3) is 0 Å². The minimum absolute atomic E-state index is 0. The van der Waals surface area contributed by atoms with Crippen molar-refractivity contribution >= 4 is 11.8 Å². The van der Waals surface area contributed by atoms with Gasteiger partial charge in [0.05, 0.1) is 12.0 Å². The van der Waals surface area contributed by atoms with Crippen molar-refractivity contribution in [1.29, 1.82) is 0 Å². The zero-order valence-electron chi connectivity index (χ0n) is 11.4. The third-order valence-electron chi connectivity index (χ3n) is 2.57. The smallest absolute Gasteiger partial charge is 0.542 e. The van der Waals surface area contributed by atoms with Crippen molar-refractivity contribution in [1.82, 2.24) is 0 Å². The van der Waals surface area contributed by atoms with Crippen LogP contribution in [-0.2, 0) is 4.74 Å². The average molecular weight is 384 g/mol. The van der Waals surface area contributed by atoms with Crippen molar-refractivity contribution in [3.05, 3.63) is 30.9 Å². The van der Waals surface area contributed by atoms with Gasteiger partial charge in [0.1, 0.15) is 5.75 Å². The van der Waals surface area contributed by atoms with Gasteiger partial charge in [-0.25, -0.2) is 6.61 Å². The summed E-state index contributed by atoms with van der Waals surface area (Å²) >= 11 is 1.77. The topological polar surface area (TPSA) is 18.5 Å². The Labute approximate surface area is 173 Å². The van der Waals surface area contributed by atoms with Crippen LogP contribution < -0.4 is 73.6 Å². The summed E-state index contributed by atoms with van der Waals surface area (Å²) in [5.41, 5.74) is 0.256. The molecule has 2 nitrogen and oxygen atoms in total. The summed E-state index contributed by atoms with van der Waals surface area (Å²) < 4.78 is 11.2. The minimum Gasteiger partial charge on any atom is -0.542 e. The second kappa shape index (κ2) is 9.34. The Morgan fingerprint density at radius 2 is 2.33 bits per heavy atom. The van der Waals surface area contributed by atoms with Crippen molar-refractivity contribution in [2.75, 3.05) is 6.61 Å². The predicted molar refractivity (Wildman–Crippen MR) is 71.0 cm³/mol. The van der Waals surface area contributed by atoms with Gasteiger partial charge in [-0.1, -0.05) is 31.7 Å². The molecule has 1 fully saturated rings. The van der Waals surface area contributed by atoms with E-state index < -0.39 is 0 Å². The van der Waals surface area contributed by atoms with Crippen LogP contribution in [0.4, 0.5) is 0 Å². The quantitative estimate of drug-likeness (QED) is 0.709. The van der Waals surface area contributed by atoms with Crippen molar-refractivity contribution < 1.29 is 78.4 Å². The maximum absolute atomic E-state index is 5.62. The normalized spacial score (nSPS) is 22.6. The van der Waals surface area contributed by atoms with E-state index in [4.69, 9.17) is 9.47 Å². The van der Waals surface area contributed by atoms with E-state index in [1.165, 1.54) is 4.90 Å². The molecule has 18 heavy (non-hydrogen) atoms. The van der Waals surface area contributed by atoms with Gasteiger partial charge in [0.25, 0.3) is 0 Å². The van der Waals surface area contributed by atoms with Crippen LogP contribution in [0.5, 0.6) is 5.75 Å². The number of hydrogen-bond acceptors (Lipinski definition) is 3. The van der Waals surface area contributed by atoms with Gasteiger partial charge >= 0.3 is 68.9 Å². The van der Waals surface area contributed by atoms with Crippen LogP contribution in [0.15, 0.2) is 29.2 Å². The Balaban J connectivity index is 0.00000162. The third-order valence-corrected chi connectivity index (χ3v) is 3.67. The van der Waals surface area contributed by atoms with E-state index in [1.54, 1.807) is 11.8 Å². The van der Waals surface area contributed by atoms with Crippen molar-refractivity contribution in [3.8, 4) is 5.75 Å². The van der Waals surface area contributed by atoms with E-state index in [1.807, 2.05) is 18.7 Å². The number of thioether (sulfide) groups is 1. The molecule has 1 aromatic carbocycles. The minimum atomic E-state index is 0. The van der Waals surface area contributed by atoms with Crippen LogP contribution in [0, 0.1) is 12.5 Å². The summed E-state index contributed by atoms with van der Waals surface area (Å²) in [6.07, 6.45) is 2.13. The Kier molecular flexibility index (Phi) is 9.05. The summed E-state index contributed by atoms with van der Waals surface area (Å²) in [6.45, 7) is 7.01. The van der Waals surface area contributed by atoms with Crippen molar-refractivity contribution in [2.45, 2.75) is 37.0 Å². The molecule has 2 atom stereocenters. The summed E-state index contributed by atoms with van der Waals surface area (Å²) in [6, 6.07) is 8.24. The van der Waals surface area contributed by atoms with Gasteiger partial charge in [0.15, 0.2) is 0 Å². The summed E-state index contributed by atoms with van der Waals surface area (Å²) in [5, 5.41) is 0. The maximum atomic E-state index is 5.62. The van der Waals surface area contributed by atoms with Crippen molar-refractivity contribution in [3.63, 3.8) is 0 Å². The van der Waals surface area contributed by atoms with Gasteiger partial charge in [-0.15, -0.1) is 5.92 Å². The molecule has 94 valence electrons. The van der Waals surface area contributed by atoms with E-state index >= 15 is 0 Å².